The topological polar surface area (TPSA) is 55.1 Å². The third-order valence-corrected chi connectivity index (χ3v) is 5.07. The van der Waals surface area contributed by atoms with Crippen LogP contribution in [0.2, 0.25) is 0 Å². The highest BCUT2D eigenvalue weighted by Crippen LogP contribution is 2.27. The summed E-state index contributed by atoms with van der Waals surface area (Å²) in [5.74, 6) is 1.10. The lowest BCUT2D eigenvalue weighted by Gasteiger charge is -2.21. The molecule has 0 spiro atoms. The Labute approximate surface area is 130 Å². The van der Waals surface area contributed by atoms with Crippen LogP contribution in [0.15, 0.2) is 22.7 Å². The molecule has 19 heavy (non-hydrogen) atoms. The maximum atomic E-state index is 12.2. The van der Waals surface area contributed by atoms with Crippen LogP contribution in [0, 0.1) is 0 Å². The average Bonchev–Trinajstić information content (AvgIpc) is 2.41. The highest BCUT2D eigenvalue weighted by Gasteiger charge is 2.22. The Hall–Kier alpha value is -0.590. The first-order valence-corrected chi connectivity index (χ1v) is 8.35. The number of thiocarbonyl (C=S) groups is 1. The second-order valence-corrected chi connectivity index (χ2v) is 7.06. The fourth-order valence-electron chi connectivity index (χ4n) is 1.99. The SMILES string of the molecule is NC(=S)c1cc(Br)ccc1NC(=O)C1CCCCS1. The molecule has 0 aliphatic carbocycles. The molecule has 0 saturated carbocycles. The van der Waals surface area contributed by atoms with Gasteiger partial charge in [0.2, 0.25) is 5.91 Å². The molecule has 1 unspecified atom stereocenters. The summed E-state index contributed by atoms with van der Waals surface area (Å²) in [4.78, 5) is 12.5. The molecule has 2 rings (SSSR count). The van der Waals surface area contributed by atoms with E-state index < -0.39 is 0 Å². The Morgan fingerprint density at radius 3 is 2.89 bits per heavy atom. The van der Waals surface area contributed by atoms with Crippen molar-refractivity contribution in [3.8, 4) is 0 Å². The number of carbonyl (C=O) groups excluding carboxylic acids is 1. The van der Waals surface area contributed by atoms with Gasteiger partial charge in [0.25, 0.3) is 0 Å². The Morgan fingerprint density at radius 2 is 2.26 bits per heavy atom. The molecule has 6 heteroatoms. The molecule has 1 amide bonds. The highest BCUT2D eigenvalue weighted by atomic mass is 79.9. The van der Waals surface area contributed by atoms with Gasteiger partial charge in [0.1, 0.15) is 4.99 Å². The smallest absolute Gasteiger partial charge is 0.237 e. The number of nitrogens with one attached hydrogen (secondary N) is 1. The van der Waals surface area contributed by atoms with Crippen LogP contribution < -0.4 is 11.1 Å². The fourth-order valence-corrected chi connectivity index (χ4v) is 3.72. The summed E-state index contributed by atoms with van der Waals surface area (Å²) >= 11 is 10.1. The van der Waals surface area contributed by atoms with Crippen LogP contribution in [0.3, 0.4) is 0 Å². The minimum Gasteiger partial charge on any atom is -0.389 e. The van der Waals surface area contributed by atoms with Gasteiger partial charge in [-0.15, -0.1) is 11.8 Å². The van der Waals surface area contributed by atoms with E-state index in [2.05, 4.69) is 21.2 Å². The van der Waals surface area contributed by atoms with E-state index in [1.54, 1.807) is 11.8 Å². The monoisotopic (exact) mass is 358 g/mol. The summed E-state index contributed by atoms with van der Waals surface area (Å²) in [6.45, 7) is 0. The zero-order chi connectivity index (χ0) is 13.8. The molecule has 1 aromatic rings. The zero-order valence-electron chi connectivity index (χ0n) is 10.3. The number of benzene rings is 1. The quantitative estimate of drug-likeness (QED) is 0.813. The van der Waals surface area contributed by atoms with Crippen molar-refractivity contribution in [2.45, 2.75) is 24.5 Å². The molecule has 1 aliphatic rings. The molecule has 0 radical (unpaired) electrons. The number of anilines is 1. The second-order valence-electron chi connectivity index (χ2n) is 4.40. The van der Waals surface area contributed by atoms with E-state index in [0.29, 0.717) is 11.3 Å². The van der Waals surface area contributed by atoms with Gasteiger partial charge in [-0.25, -0.2) is 0 Å². The highest BCUT2D eigenvalue weighted by molar-refractivity contribution is 9.10. The van der Waals surface area contributed by atoms with E-state index in [4.69, 9.17) is 18.0 Å². The van der Waals surface area contributed by atoms with E-state index >= 15 is 0 Å². The predicted octanol–water partition coefficient (Wildman–Crippen LogP) is 3.31. The van der Waals surface area contributed by atoms with Crippen molar-refractivity contribution in [3.63, 3.8) is 0 Å². The van der Waals surface area contributed by atoms with Crippen molar-refractivity contribution in [1.82, 2.24) is 0 Å². The van der Waals surface area contributed by atoms with Crippen molar-refractivity contribution < 1.29 is 4.79 Å². The van der Waals surface area contributed by atoms with Crippen LogP contribution in [-0.4, -0.2) is 21.9 Å². The molecule has 3 nitrogen and oxygen atoms in total. The van der Waals surface area contributed by atoms with E-state index in [0.717, 1.165) is 23.1 Å². The summed E-state index contributed by atoms with van der Waals surface area (Å²) in [6.07, 6.45) is 3.26. The van der Waals surface area contributed by atoms with Crippen LogP contribution in [0.5, 0.6) is 0 Å². The van der Waals surface area contributed by atoms with Gasteiger partial charge in [-0.1, -0.05) is 34.6 Å². The largest absolute Gasteiger partial charge is 0.389 e. The molecule has 0 bridgehead atoms. The Balaban J connectivity index is 2.13. The Kier molecular flexibility index (Phi) is 5.24. The average molecular weight is 359 g/mol. The van der Waals surface area contributed by atoms with E-state index in [-0.39, 0.29) is 16.1 Å². The maximum Gasteiger partial charge on any atom is 0.237 e. The second kappa shape index (κ2) is 6.72. The van der Waals surface area contributed by atoms with Crippen molar-refractivity contribution in [1.29, 1.82) is 0 Å². The number of halogens is 1. The molecule has 1 aliphatic heterocycles. The molecular formula is C13H15BrN2OS2. The van der Waals surface area contributed by atoms with E-state index in [1.165, 1.54) is 6.42 Å². The number of hydrogen-bond acceptors (Lipinski definition) is 3. The maximum absolute atomic E-state index is 12.2. The minimum atomic E-state index is 0.0385. The van der Waals surface area contributed by atoms with Crippen molar-refractivity contribution in [2.75, 3.05) is 11.1 Å². The third kappa shape index (κ3) is 3.94. The van der Waals surface area contributed by atoms with Crippen LogP contribution in [0.25, 0.3) is 0 Å². The lowest BCUT2D eigenvalue weighted by molar-refractivity contribution is -0.115. The minimum absolute atomic E-state index is 0.0385. The number of carbonyl (C=O) groups is 1. The van der Waals surface area contributed by atoms with Crippen LogP contribution in [0.1, 0.15) is 24.8 Å². The van der Waals surface area contributed by atoms with Gasteiger partial charge in [0.05, 0.1) is 10.9 Å². The lowest BCUT2D eigenvalue weighted by Crippen LogP contribution is -2.28. The summed E-state index contributed by atoms with van der Waals surface area (Å²) < 4.78 is 0.889. The molecule has 1 saturated heterocycles. The standard InChI is InChI=1S/C13H15BrN2OS2/c14-8-4-5-10(9(7-8)12(15)18)16-13(17)11-3-1-2-6-19-11/h4-5,7,11H,1-3,6H2,(H2,15,18)(H,16,17). The number of amides is 1. The molecule has 0 aromatic heterocycles. The Bertz CT molecular complexity index is 501. The van der Waals surface area contributed by atoms with E-state index in [1.807, 2.05) is 18.2 Å². The van der Waals surface area contributed by atoms with Gasteiger partial charge in [-0.3, -0.25) is 4.79 Å². The first-order chi connectivity index (χ1) is 9.08. The van der Waals surface area contributed by atoms with Crippen LogP contribution >= 0.6 is 39.9 Å². The Morgan fingerprint density at radius 1 is 1.47 bits per heavy atom. The van der Waals surface area contributed by atoms with Crippen molar-refractivity contribution in [2.24, 2.45) is 5.73 Å². The molecule has 1 fully saturated rings. The molecule has 1 aromatic carbocycles. The van der Waals surface area contributed by atoms with Gasteiger partial charge in [-0.2, -0.15) is 0 Å². The first kappa shape index (κ1) is 14.8. The zero-order valence-corrected chi connectivity index (χ0v) is 13.5. The lowest BCUT2D eigenvalue weighted by atomic mass is 10.1. The molecule has 1 atom stereocenters. The van der Waals surface area contributed by atoms with E-state index in [9.17, 15) is 4.79 Å². The van der Waals surface area contributed by atoms with Gasteiger partial charge in [0.15, 0.2) is 0 Å². The summed E-state index contributed by atoms with van der Waals surface area (Å²) in [5.41, 5.74) is 7.07. The van der Waals surface area contributed by atoms with Gasteiger partial charge >= 0.3 is 0 Å². The predicted molar refractivity (Wildman–Crippen MR) is 88.8 cm³/mol. The van der Waals surface area contributed by atoms with Gasteiger partial charge in [0, 0.05) is 10.0 Å². The summed E-state index contributed by atoms with van der Waals surface area (Å²) in [7, 11) is 0. The number of rotatable bonds is 3. The van der Waals surface area contributed by atoms with Gasteiger partial charge < -0.3 is 11.1 Å². The normalized spacial score (nSPS) is 18.9. The summed E-state index contributed by atoms with van der Waals surface area (Å²) in [6, 6.07) is 5.52. The van der Waals surface area contributed by atoms with Crippen molar-refractivity contribution in [3.05, 3.63) is 28.2 Å². The summed E-state index contributed by atoms with van der Waals surface area (Å²) in [5, 5.41) is 2.98. The van der Waals surface area contributed by atoms with Crippen LogP contribution in [0.4, 0.5) is 5.69 Å². The molecular weight excluding hydrogens is 344 g/mol. The molecule has 3 N–H and O–H groups in total. The molecule has 1 heterocycles. The number of nitrogens with two attached hydrogens (primary N) is 1. The number of hydrogen-bond donors (Lipinski definition) is 2. The first-order valence-electron chi connectivity index (χ1n) is 6.10. The third-order valence-electron chi connectivity index (χ3n) is 2.98. The van der Waals surface area contributed by atoms with Crippen LogP contribution in [-0.2, 0) is 4.79 Å². The number of thioether (sulfide) groups is 1. The fraction of sp³-hybridized carbons (Fsp3) is 0.385. The van der Waals surface area contributed by atoms with Crippen molar-refractivity contribution >= 4 is 56.5 Å². The molecule has 102 valence electrons. The van der Waals surface area contributed by atoms with Gasteiger partial charge in [-0.05, 0) is 36.8 Å².